The number of urea groups is 1. The molecule has 0 bridgehead atoms. The molecule has 174 valence electrons. The van der Waals surface area contributed by atoms with Gasteiger partial charge in [-0.25, -0.2) is 4.79 Å². The van der Waals surface area contributed by atoms with E-state index < -0.39 is 5.54 Å². The van der Waals surface area contributed by atoms with E-state index in [1.807, 2.05) is 19.9 Å². The molecule has 2 fully saturated rings. The fourth-order valence-corrected chi connectivity index (χ4v) is 6.49. The fourth-order valence-electron chi connectivity index (χ4n) is 6.49. The lowest BCUT2D eigenvalue weighted by atomic mass is 9.61. The van der Waals surface area contributed by atoms with Crippen LogP contribution in [0.25, 0.3) is 0 Å². The molecule has 0 aromatic heterocycles. The Morgan fingerprint density at radius 2 is 1.73 bits per heavy atom. The molecule has 1 aliphatic heterocycles. The molecule has 2 aromatic rings. The molecule has 2 aliphatic carbocycles. The number of hydrogen-bond donors (Lipinski definition) is 1. The molecule has 3 aliphatic rings. The van der Waals surface area contributed by atoms with Crippen molar-refractivity contribution in [1.29, 1.82) is 0 Å². The minimum atomic E-state index is -0.967. The van der Waals surface area contributed by atoms with Crippen LogP contribution in [0, 0.1) is 5.41 Å². The third kappa shape index (κ3) is 3.40. The summed E-state index contributed by atoms with van der Waals surface area (Å²) in [6, 6.07) is 16.7. The summed E-state index contributed by atoms with van der Waals surface area (Å²) in [6.07, 6.45) is 6.49. The predicted molar refractivity (Wildman–Crippen MR) is 128 cm³/mol. The highest BCUT2D eigenvalue weighted by Crippen LogP contribution is 2.60. The summed E-state index contributed by atoms with van der Waals surface area (Å²) in [7, 11) is 1.77. The third-order valence-corrected chi connectivity index (χ3v) is 8.24. The van der Waals surface area contributed by atoms with Gasteiger partial charge in [0.25, 0.3) is 5.91 Å². The number of fused-ring (bicyclic) bond motifs is 3. The van der Waals surface area contributed by atoms with Gasteiger partial charge in [-0.3, -0.25) is 9.69 Å². The van der Waals surface area contributed by atoms with Gasteiger partial charge >= 0.3 is 6.03 Å². The summed E-state index contributed by atoms with van der Waals surface area (Å²) in [4.78, 5) is 28.6. The Bertz CT molecular complexity index is 1060. The molecule has 1 saturated heterocycles. The lowest BCUT2D eigenvalue weighted by molar-refractivity contribution is -0.139. The fraction of sp³-hybridized carbons (Fsp3) is 0.500. The zero-order chi connectivity index (χ0) is 23.2. The minimum Gasteiger partial charge on any atom is -0.381 e. The van der Waals surface area contributed by atoms with E-state index >= 15 is 0 Å². The summed E-state index contributed by atoms with van der Waals surface area (Å²) < 4.78 is 5.64. The Kier molecular flexibility index (Phi) is 5.56. The van der Waals surface area contributed by atoms with Gasteiger partial charge in [0.05, 0.1) is 6.10 Å². The van der Waals surface area contributed by atoms with E-state index in [0.29, 0.717) is 0 Å². The molecule has 1 N–H and O–H groups in total. The maximum Gasteiger partial charge on any atom is 0.325 e. The lowest BCUT2D eigenvalue weighted by Gasteiger charge is -2.46. The Morgan fingerprint density at radius 1 is 1.03 bits per heavy atom. The van der Waals surface area contributed by atoms with E-state index in [2.05, 4.69) is 47.8 Å². The second-order valence-electron chi connectivity index (χ2n) is 10.3. The van der Waals surface area contributed by atoms with Crippen molar-refractivity contribution in [2.45, 2.75) is 76.5 Å². The summed E-state index contributed by atoms with van der Waals surface area (Å²) in [5, 5.41) is 3.26. The molecule has 2 aromatic carbocycles. The summed E-state index contributed by atoms with van der Waals surface area (Å²) in [5.74, 6) is -0.0719. The number of aryl methyl sites for hydroxylation is 2. The number of rotatable bonds is 5. The van der Waals surface area contributed by atoms with Gasteiger partial charge in [0.15, 0.2) is 5.54 Å². The van der Waals surface area contributed by atoms with Gasteiger partial charge in [-0.2, -0.15) is 0 Å². The van der Waals surface area contributed by atoms with Crippen molar-refractivity contribution in [1.82, 2.24) is 10.2 Å². The van der Waals surface area contributed by atoms with Crippen LogP contribution in [0.15, 0.2) is 48.5 Å². The van der Waals surface area contributed by atoms with Crippen LogP contribution < -0.4 is 5.32 Å². The molecule has 1 heterocycles. The second kappa shape index (κ2) is 8.28. The Labute approximate surface area is 196 Å². The van der Waals surface area contributed by atoms with Crippen LogP contribution in [0.1, 0.15) is 61.8 Å². The third-order valence-electron chi connectivity index (χ3n) is 8.24. The number of nitrogens with zero attached hydrogens (tertiary/aromatic N) is 1. The van der Waals surface area contributed by atoms with Gasteiger partial charge in [0.1, 0.15) is 0 Å². The van der Waals surface area contributed by atoms with Gasteiger partial charge in [-0.15, -0.1) is 0 Å². The number of amides is 3. The number of hydrogen-bond acceptors (Lipinski definition) is 3. The van der Waals surface area contributed by atoms with Crippen molar-refractivity contribution in [2.24, 2.45) is 5.41 Å². The topological polar surface area (TPSA) is 58.6 Å². The molecule has 1 unspecified atom stereocenters. The van der Waals surface area contributed by atoms with Gasteiger partial charge in [-0.05, 0) is 81.0 Å². The highest BCUT2D eigenvalue weighted by Gasteiger charge is 2.68. The smallest absolute Gasteiger partial charge is 0.325 e. The first kappa shape index (κ1) is 22.1. The number of ether oxygens (including phenoxy) is 1. The van der Waals surface area contributed by atoms with Crippen LogP contribution >= 0.6 is 0 Å². The lowest BCUT2D eigenvalue weighted by Crippen LogP contribution is -2.57. The average molecular weight is 447 g/mol. The number of carbonyl (C=O) groups excluding carboxylic acids is 2. The molecular formula is C28H34N2O3. The number of benzene rings is 2. The molecule has 3 amide bonds. The summed E-state index contributed by atoms with van der Waals surface area (Å²) in [6.45, 7) is 3.83. The molecule has 33 heavy (non-hydrogen) atoms. The minimum absolute atomic E-state index is 0.0719. The highest BCUT2D eigenvalue weighted by molar-refractivity contribution is 6.09. The quantitative estimate of drug-likeness (QED) is 0.674. The molecule has 2 spiro atoms. The second-order valence-corrected chi connectivity index (χ2v) is 10.3. The van der Waals surface area contributed by atoms with Crippen molar-refractivity contribution in [3.8, 4) is 0 Å². The van der Waals surface area contributed by atoms with Gasteiger partial charge in [-0.1, -0.05) is 48.5 Å². The van der Waals surface area contributed by atoms with Crippen LogP contribution in [-0.4, -0.2) is 36.1 Å². The standard InChI is InChI=1S/C28H34N2O3/c1-19(2)30-25(31)28(29-26(30)32)24-17-21(10-9-20-7-5-4-6-8-20)11-12-22(24)18-27(28)15-13-23(33-3)14-16-27/h4-8,11-12,17,19,23H,9-10,13-16,18H2,1-3H3,(H,29,32)/t23-,27-,28?. The van der Waals surface area contributed by atoms with Gasteiger partial charge in [0.2, 0.25) is 0 Å². The normalized spacial score (nSPS) is 28.7. The Hall–Kier alpha value is -2.66. The molecule has 1 atom stereocenters. The van der Waals surface area contributed by atoms with E-state index in [1.54, 1.807) is 7.11 Å². The van der Waals surface area contributed by atoms with Crippen molar-refractivity contribution >= 4 is 11.9 Å². The van der Waals surface area contributed by atoms with Crippen LogP contribution in [0.2, 0.25) is 0 Å². The number of imide groups is 1. The van der Waals surface area contributed by atoms with Crippen LogP contribution in [0.3, 0.4) is 0 Å². The number of nitrogens with one attached hydrogen (secondary N) is 1. The van der Waals surface area contributed by atoms with Gasteiger partial charge in [0, 0.05) is 18.6 Å². The molecule has 5 rings (SSSR count). The van der Waals surface area contributed by atoms with Crippen molar-refractivity contribution in [3.05, 3.63) is 70.8 Å². The van der Waals surface area contributed by atoms with Crippen LogP contribution in [0.5, 0.6) is 0 Å². The van der Waals surface area contributed by atoms with Crippen molar-refractivity contribution in [2.75, 3.05) is 7.11 Å². The summed E-state index contributed by atoms with van der Waals surface area (Å²) in [5.41, 5.74) is 3.48. The van der Waals surface area contributed by atoms with E-state index in [4.69, 9.17) is 4.74 Å². The zero-order valence-corrected chi connectivity index (χ0v) is 19.9. The molecule has 1 saturated carbocycles. The molecule has 5 nitrogen and oxygen atoms in total. The van der Waals surface area contributed by atoms with E-state index in [0.717, 1.165) is 50.5 Å². The van der Waals surface area contributed by atoms with E-state index in [-0.39, 0.29) is 29.5 Å². The molecule has 0 radical (unpaired) electrons. The van der Waals surface area contributed by atoms with Crippen molar-refractivity contribution in [3.63, 3.8) is 0 Å². The first-order chi connectivity index (χ1) is 15.9. The Morgan fingerprint density at radius 3 is 2.36 bits per heavy atom. The SMILES string of the molecule is CO[C@H]1CC[C@]2(CC1)Cc1ccc(CCc3ccccc3)cc1C21NC(=O)N(C(C)C)C1=O. The zero-order valence-electron chi connectivity index (χ0n) is 19.9. The highest BCUT2D eigenvalue weighted by atomic mass is 16.5. The maximum absolute atomic E-state index is 14.1. The first-order valence-corrected chi connectivity index (χ1v) is 12.2. The van der Waals surface area contributed by atoms with E-state index in [1.165, 1.54) is 21.6 Å². The molecular weight excluding hydrogens is 412 g/mol. The summed E-state index contributed by atoms with van der Waals surface area (Å²) >= 11 is 0. The van der Waals surface area contributed by atoms with Crippen molar-refractivity contribution < 1.29 is 14.3 Å². The maximum atomic E-state index is 14.1. The van der Waals surface area contributed by atoms with Crippen LogP contribution in [-0.2, 0) is 34.3 Å². The number of carbonyl (C=O) groups is 2. The Balaban J connectivity index is 1.54. The van der Waals surface area contributed by atoms with E-state index in [9.17, 15) is 9.59 Å². The first-order valence-electron chi connectivity index (χ1n) is 12.2. The number of methoxy groups -OCH3 is 1. The molecule has 5 heteroatoms. The predicted octanol–water partition coefficient (Wildman–Crippen LogP) is 4.76. The monoisotopic (exact) mass is 446 g/mol. The average Bonchev–Trinajstić information content (AvgIpc) is 3.24. The van der Waals surface area contributed by atoms with Gasteiger partial charge < -0.3 is 10.1 Å². The van der Waals surface area contributed by atoms with Crippen LogP contribution in [0.4, 0.5) is 4.79 Å². The largest absolute Gasteiger partial charge is 0.381 e.